The average molecular weight is 304 g/mol. The van der Waals surface area contributed by atoms with Crippen LogP contribution in [0.25, 0.3) is 0 Å². The first-order valence-electron chi connectivity index (χ1n) is 6.57. The Labute approximate surface area is 128 Å². The van der Waals surface area contributed by atoms with Crippen molar-refractivity contribution in [2.24, 2.45) is 0 Å². The van der Waals surface area contributed by atoms with Gasteiger partial charge < -0.3 is 14.5 Å². The second-order valence-corrected chi connectivity index (χ2v) is 4.67. The summed E-state index contributed by atoms with van der Waals surface area (Å²) >= 11 is 5.09. The fourth-order valence-electron chi connectivity index (χ4n) is 1.62. The third kappa shape index (κ3) is 4.61. The van der Waals surface area contributed by atoms with E-state index in [2.05, 4.69) is 10.6 Å². The number of anilines is 1. The topological polar surface area (TPSA) is 63.5 Å². The third-order valence-electron chi connectivity index (χ3n) is 2.54. The maximum Gasteiger partial charge on any atom is 0.293 e. The molecule has 2 N–H and O–H groups in total. The van der Waals surface area contributed by atoms with Gasteiger partial charge in [-0.15, -0.1) is 0 Å². The molecule has 1 aromatic heterocycles. The Kier molecular flexibility index (Phi) is 5.34. The molecule has 0 saturated heterocycles. The first-order valence-corrected chi connectivity index (χ1v) is 6.98. The van der Waals surface area contributed by atoms with Crippen LogP contribution in [0.4, 0.5) is 5.69 Å². The SMILES string of the molecule is CCCOc1cccc(NC(=S)NC(=O)c2ccco2)c1. The molecule has 0 saturated carbocycles. The van der Waals surface area contributed by atoms with Crippen molar-refractivity contribution in [3.63, 3.8) is 0 Å². The largest absolute Gasteiger partial charge is 0.494 e. The lowest BCUT2D eigenvalue weighted by Crippen LogP contribution is -2.33. The first kappa shape index (κ1) is 15.1. The van der Waals surface area contributed by atoms with Gasteiger partial charge in [0, 0.05) is 11.8 Å². The number of amides is 1. The Hall–Kier alpha value is -2.34. The van der Waals surface area contributed by atoms with Gasteiger partial charge in [-0.2, -0.15) is 0 Å². The van der Waals surface area contributed by atoms with Crippen molar-refractivity contribution in [1.82, 2.24) is 5.32 Å². The molecule has 0 bridgehead atoms. The van der Waals surface area contributed by atoms with Gasteiger partial charge in [0.15, 0.2) is 10.9 Å². The average Bonchev–Trinajstić information content (AvgIpc) is 2.99. The second kappa shape index (κ2) is 7.44. The lowest BCUT2D eigenvalue weighted by Gasteiger charge is -2.10. The summed E-state index contributed by atoms with van der Waals surface area (Å²) in [6.07, 6.45) is 2.37. The van der Waals surface area contributed by atoms with Gasteiger partial charge in [0.05, 0.1) is 12.9 Å². The minimum atomic E-state index is -0.393. The van der Waals surface area contributed by atoms with Crippen LogP contribution in [0.15, 0.2) is 47.1 Å². The van der Waals surface area contributed by atoms with E-state index in [1.807, 2.05) is 31.2 Å². The summed E-state index contributed by atoms with van der Waals surface area (Å²) < 4.78 is 10.5. The molecule has 1 amide bonds. The zero-order chi connectivity index (χ0) is 15.1. The van der Waals surface area contributed by atoms with E-state index in [0.717, 1.165) is 17.9 Å². The first-order chi connectivity index (χ1) is 10.2. The third-order valence-corrected chi connectivity index (χ3v) is 2.74. The standard InChI is InChI=1S/C15H16N2O3S/c1-2-8-19-12-6-3-5-11(10-12)16-15(21)17-14(18)13-7-4-9-20-13/h3-7,9-10H,2,8H2,1H3,(H2,16,17,18,21). The predicted octanol–water partition coefficient (Wildman–Crippen LogP) is 3.20. The lowest BCUT2D eigenvalue weighted by molar-refractivity contribution is 0.0950. The summed E-state index contributed by atoms with van der Waals surface area (Å²) in [5.74, 6) is 0.567. The zero-order valence-electron chi connectivity index (χ0n) is 11.6. The molecule has 0 radical (unpaired) electrons. The quantitative estimate of drug-likeness (QED) is 0.831. The number of hydrogen-bond acceptors (Lipinski definition) is 4. The highest BCUT2D eigenvalue weighted by atomic mass is 32.1. The van der Waals surface area contributed by atoms with Crippen LogP contribution >= 0.6 is 12.2 Å². The molecule has 2 rings (SSSR count). The normalized spacial score (nSPS) is 9.95. The molecule has 0 unspecified atom stereocenters. The molecule has 0 aliphatic carbocycles. The van der Waals surface area contributed by atoms with Gasteiger partial charge in [0.2, 0.25) is 0 Å². The molecule has 0 aliphatic heterocycles. The Morgan fingerprint density at radius 2 is 2.19 bits per heavy atom. The molecular weight excluding hydrogens is 288 g/mol. The van der Waals surface area contributed by atoms with E-state index in [1.54, 1.807) is 12.1 Å². The van der Waals surface area contributed by atoms with Crippen molar-refractivity contribution in [3.8, 4) is 5.75 Å². The minimum absolute atomic E-state index is 0.198. The number of hydrogen-bond donors (Lipinski definition) is 2. The number of ether oxygens (including phenoxy) is 1. The fourth-order valence-corrected chi connectivity index (χ4v) is 1.83. The van der Waals surface area contributed by atoms with E-state index in [-0.39, 0.29) is 10.9 Å². The zero-order valence-corrected chi connectivity index (χ0v) is 12.4. The van der Waals surface area contributed by atoms with Crippen molar-refractivity contribution >= 4 is 28.9 Å². The van der Waals surface area contributed by atoms with E-state index in [0.29, 0.717) is 6.61 Å². The molecule has 2 aromatic rings. The number of benzene rings is 1. The van der Waals surface area contributed by atoms with Crippen molar-refractivity contribution in [2.75, 3.05) is 11.9 Å². The highest BCUT2D eigenvalue weighted by molar-refractivity contribution is 7.80. The van der Waals surface area contributed by atoms with E-state index < -0.39 is 5.91 Å². The van der Waals surface area contributed by atoms with Crippen LogP contribution in [-0.2, 0) is 0 Å². The van der Waals surface area contributed by atoms with Crippen molar-refractivity contribution in [3.05, 3.63) is 48.4 Å². The molecule has 0 atom stereocenters. The molecule has 6 heteroatoms. The van der Waals surface area contributed by atoms with Gasteiger partial charge in [0.1, 0.15) is 5.75 Å². The van der Waals surface area contributed by atoms with Gasteiger partial charge in [-0.1, -0.05) is 13.0 Å². The van der Waals surface area contributed by atoms with Crippen LogP contribution in [0.1, 0.15) is 23.9 Å². The van der Waals surface area contributed by atoms with Crippen LogP contribution in [0.5, 0.6) is 5.75 Å². The molecule has 1 heterocycles. The number of carbonyl (C=O) groups excluding carboxylic acids is 1. The summed E-state index contributed by atoms with van der Waals surface area (Å²) in [4.78, 5) is 11.8. The van der Waals surface area contributed by atoms with Gasteiger partial charge in [-0.05, 0) is 42.9 Å². The van der Waals surface area contributed by atoms with Crippen LogP contribution in [0, 0.1) is 0 Å². The summed E-state index contributed by atoms with van der Waals surface area (Å²) in [7, 11) is 0. The Balaban J connectivity index is 1.91. The summed E-state index contributed by atoms with van der Waals surface area (Å²) in [5, 5.41) is 5.67. The van der Waals surface area contributed by atoms with E-state index >= 15 is 0 Å². The minimum Gasteiger partial charge on any atom is -0.494 e. The Bertz CT molecular complexity index is 611. The summed E-state index contributed by atoms with van der Waals surface area (Å²) in [6, 6.07) is 10.6. The van der Waals surface area contributed by atoms with E-state index in [1.165, 1.54) is 6.26 Å². The Morgan fingerprint density at radius 3 is 2.90 bits per heavy atom. The summed E-state index contributed by atoms with van der Waals surface area (Å²) in [6.45, 7) is 2.70. The van der Waals surface area contributed by atoms with Crippen LogP contribution in [0.3, 0.4) is 0 Å². The molecule has 0 fully saturated rings. The number of rotatable bonds is 5. The fraction of sp³-hybridized carbons (Fsp3) is 0.200. The second-order valence-electron chi connectivity index (χ2n) is 4.26. The Morgan fingerprint density at radius 1 is 1.33 bits per heavy atom. The van der Waals surface area contributed by atoms with Crippen LogP contribution in [-0.4, -0.2) is 17.6 Å². The number of furan rings is 1. The number of nitrogens with one attached hydrogen (secondary N) is 2. The molecule has 0 aliphatic rings. The van der Waals surface area contributed by atoms with Gasteiger partial charge >= 0.3 is 0 Å². The molecule has 5 nitrogen and oxygen atoms in total. The molecule has 110 valence electrons. The molecule has 21 heavy (non-hydrogen) atoms. The predicted molar refractivity (Wildman–Crippen MR) is 84.6 cm³/mol. The maximum atomic E-state index is 11.8. The summed E-state index contributed by atoms with van der Waals surface area (Å²) in [5.41, 5.74) is 0.744. The van der Waals surface area contributed by atoms with E-state index in [9.17, 15) is 4.79 Å². The van der Waals surface area contributed by atoms with Crippen molar-refractivity contribution < 1.29 is 13.9 Å². The number of carbonyl (C=O) groups is 1. The highest BCUT2D eigenvalue weighted by Crippen LogP contribution is 2.17. The van der Waals surface area contributed by atoms with Crippen LogP contribution in [0.2, 0.25) is 0 Å². The van der Waals surface area contributed by atoms with Crippen molar-refractivity contribution in [1.29, 1.82) is 0 Å². The van der Waals surface area contributed by atoms with Gasteiger partial charge in [0.25, 0.3) is 5.91 Å². The van der Waals surface area contributed by atoms with Gasteiger partial charge in [-0.3, -0.25) is 10.1 Å². The smallest absolute Gasteiger partial charge is 0.293 e. The molecular formula is C15H16N2O3S. The molecule has 1 aromatic carbocycles. The van der Waals surface area contributed by atoms with Crippen molar-refractivity contribution in [2.45, 2.75) is 13.3 Å². The van der Waals surface area contributed by atoms with Crippen LogP contribution < -0.4 is 15.4 Å². The lowest BCUT2D eigenvalue weighted by atomic mass is 10.3. The monoisotopic (exact) mass is 304 g/mol. The van der Waals surface area contributed by atoms with Gasteiger partial charge in [-0.25, -0.2) is 0 Å². The van der Waals surface area contributed by atoms with E-state index in [4.69, 9.17) is 21.4 Å². The molecule has 0 spiro atoms. The maximum absolute atomic E-state index is 11.8. The highest BCUT2D eigenvalue weighted by Gasteiger charge is 2.10. The number of thiocarbonyl (C=S) groups is 1.